The minimum Gasteiger partial charge on any atom is -0.652 e. The Hall–Kier alpha value is -1.54. The Morgan fingerprint density at radius 3 is 1.06 bits per heavy atom. The third kappa shape index (κ3) is 16.9. The zero-order valence-corrected chi connectivity index (χ0v) is 11.3. The van der Waals surface area contributed by atoms with Crippen LogP contribution in [0, 0.1) is 0 Å². The molecule has 0 radical (unpaired) electrons. The van der Waals surface area contributed by atoms with Crippen LogP contribution in [-0.4, -0.2) is 85.9 Å². The monoisotopic (exact) mass is 266 g/mol. The number of carboxylic acid groups (broad SMARTS) is 4. The van der Waals surface area contributed by atoms with Gasteiger partial charge in [-0.2, -0.15) is 0 Å². The number of hydrogen-bond donors (Lipinski definition) is 2. The van der Waals surface area contributed by atoms with E-state index in [2.05, 4.69) is 28.2 Å². The number of hydrogen-bond acceptors (Lipinski definition) is 4. The fourth-order valence-electron chi connectivity index (χ4n) is 1.31. The average molecular weight is 266 g/mol. The van der Waals surface area contributed by atoms with E-state index in [1.807, 2.05) is 0 Å². The molecule has 1 rings (SSSR count). The Bertz CT molecular complexity index is 230. The quantitative estimate of drug-likeness (QED) is 0.486. The largest absolute Gasteiger partial charge is 0.652 e. The van der Waals surface area contributed by atoms with Crippen molar-refractivity contribution < 1.29 is 39.0 Å². The van der Waals surface area contributed by atoms with Crippen LogP contribution in [0.4, 0.5) is 9.59 Å². The van der Waals surface area contributed by atoms with Gasteiger partial charge in [-0.15, -0.1) is 0 Å². The zero-order valence-electron chi connectivity index (χ0n) is 11.3. The predicted octanol–water partition coefficient (Wildman–Crippen LogP) is -2.07. The first-order valence-corrected chi connectivity index (χ1v) is 5.32. The molecule has 0 atom stereocenters. The normalized spacial score (nSPS) is 19.3. The number of nitrogens with zero attached hydrogens (tertiary/aromatic N) is 2. The molecule has 0 spiro atoms. The highest BCUT2D eigenvalue weighted by molar-refractivity contribution is 5.53. The lowest BCUT2D eigenvalue weighted by Crippen LogP contribution is -2.60. The summed E-state index contributed by atoms with van der Waals surface area (Å²) in [6.45, 7) is 5.31. The topological polar surface area (TPSA) is 121 Å². The Morgan fingerprint density at radius 1 is 0.833 bits per heavy atom. The third-order valence-electron chi connectivity index (χ3n) is 2.62. The first-order valence-electron chi connectivity index (χ1n) is 5.32. The van der Waals surface area contributed by atoms with Crippen molar-refractivity contribution >= 4 is 12.3 Å². The molecule has 1 heterocycles. The molecule has 0 unspecified atom stereocenters. The van der Waals surface area contributed by atoms with Crippen LogP contribution in [0.3, 0.4) is 0 Å². The Kier molecular flexibility index (Phi) is 8.07. The lowest BCUT2D eigenvalue weighted by molar-refractivity contribution is -0.998. The molecular weight excluding hydrogens is 244 g/mol. The summed E-state index contributed by atoms with van der Waals surface area (Å²) in [6, 6.07) is 0. The number of likely N-dealkylation sites (N-methyl/N-ethyl adjacent to an activating group) is 2. The van der Waals surface area contributed by atoms with E-state index < -0.39 is 12.3 Å². The molecule has 0 saturated carbocycles. The molecule has 108 valence electrons. The summed E-state index contributed by atoms with van der Waals surface area (Å²) in [5.41, 5.74) is 0. The molecule has 0 amide bonds. The Labute approximate surface area is 106 Å². The van der Waals surface area contributed by atoms with Crippen molar-refractivity contribution in [2.75, 3.05) is 54.4 Å². The molecule has 2 N–H and O–H groups in total. The van der Waals surface area contributed by atoms with Gasteiger partial charge in [-0.25, -0.2) is 4.79 Å². The van der Waals surface area contributed by atoms with E-state index in [0.717, 1.165) is 0 Å². The van der Waals surface area contributed by atoms with Gasteiger partial charge in [0, 0.05) is 0 Å². The molecule has 8 heteroatoms. The van der Waals surface area contributed by atoms with Crippen molar-refractivity contribution in [3.63, 3.8) is 0 Å². The van der Waals surface area contributed by atoms with Gasteiger partial charge >= 0.3 is 6.16 Å². The smallest absolute Gasteiger partial charge is 0.503 e. The summed E-state index contributed by atoms with van der Waals surface area (Å²) in [7, 11) is 9.27. The number of rotatable bonds is 0. The van der Waals surface area contributed by atoms with Crippen molar-refractivity contribution in [2.45, 2.75) is 0 Å². The van der Waals surface area contributed by atoms with E-state index in [1.165, 1.54) is 35.1 Å². The van der Waals surface area contributed by atoms with Crippen LogP contribution in [-0.2, 0) is 0 Å². The fraction of sp³-hybridized carbons (Fsp3) is 0.800. The van der Waals surface area contributed by atoms with E-state index in [4.69, 9.17) is 30.0 Å². The lowest BCUT2D eigenvalue weighted by Gasteiger charge is -2.42. The summed E-state index contributed by atoms with van der Waals surface area (Å²) >= 11 is 0. The van der Waals surface area contributed by atoms with Gasteiger partial charge in [0.2, 0.25) is 0 Å². The summed E-state index contributed by atoms with van der Waals surface area (Å²) in [6.07, 6.45) is -4.17. The van der Waals surface area contributed by atoms with Crippen molar-refractivity contribution in [2.24, 2.45) is 0 Å². The van der Waals surface area contributed by atoms with Crippen molar-refractivity contribution in [1.29, 1.82) is 0 Å². The molecule has 8 nitrogen and oxygen atoms in total. The molecule has 1 fully saturated rings. The highest BCUT2D eigenvalue weighted by Gasteiger charge is 2.30. The maximum Gasteiger partial charge on any atom is 0.503 e. The molecule has 1 aliphatic heterocycles. The first-order chi connectivity index (χ1) is 7.88. The minimum atomic E-state index is -2.33. The molecule has 18 heavy (non-hydrogen) atoms. The van der Waals surface area contributed by atoms with Gasteiger partial charge in [-0.3, -0.25) is 0 Å². The highest BCUT2D eigenvalue weighted by atomic mass is 16.6. The summed E-state index contributed by atoms with van der Waals surface area (Å²) in [4.78, 5) is 16.9. The van der Waals surface area contributed by atoms with Gasteiger partial charge in [-0.05, 0) is 6.16 Å². The number of carbonyl (C=O) groups excluding carboxylic acids is 1. The van der Waals surface area contributed by atoms with Gasteiger partial charge in [0.25, 0.3) is 0 Å². The molecule has 0 aromatic heterocycles. The van der Waals surface area contributed by atoms with Crippen LogP contribution in [0.5, 0.6) is 0 Å². The van der Waals surface area contributed by atoms with E-state index in [-0.39, 0.29) is 0 Å². The maximum absolute atomic E-state index is 8.56. The van der Waals surface area contributed by atoms with E-state index in [1.54, 1.807) is 0 Å². The second kappa shape index (κ2) is 7.72. The third-order valence-corrected chi connectivity index (χ3v) is 2.62. The predicted molar refractivity (Wildman–Crippen MR) is 59.7 cm³/mol. The van der Waals surface area contributed by atoms with Crippen LogP contribution in [0.15, 0.2) is 0 Å². The molecule has 0 bridgehead atoms. The lowest BCUT2D eigenvalue weighted by atomic mass is 10.2. The maximum atomic E-state index is 8.56. The minimum absolute atomic E-state index is 1.21. The summed E-state index contributed by atoms with van der Waals surface area (Å²) < 4.78 is 2.42. The highest BCUT2D eigenvalue weighted by Crippen LogP contribution is 2.09. The summed E-state index contributed by atoms with van der Waals surface area (Å²) in [5, 5.41) is 30.6. The fourth-order valence-corrected chi connectivity index (χ4v) is 1.31. The van der Waals surface area contributed by atoms with Crippen LogP contribution in [0.1, 0.15) is 0 Å². The van der Waals surface area contributed by atoms with E-state index in [0.29, 0.717) is 0 Å². The van der Waals surface area contributed by atoms with Crippen molar-refractivity contribution in [3.05, 3.63) is 0 Å². The van der Waals surface area contributed by atoms with Crippen LogP contribution in [0.2, 0.25) is 0 Å². The van der Waals surface area contributed by atoms with Gasteiger partial charge in [-0.1, -0.05) is 0 Å². The molecule has 1 aliphatic rings. The number of piperazine rings is 1. The number of quaternary nitrogens is 2. The summed E-state index contributed by atoms with van der Waals surface area (Å²) in [5.74, 6) is 0. The SMILES string of the molecule is C[N+]1(C)CC[N+](C)(C)CC1.O=C(O)O.O=C([O-])[O-]. The van der Waals surface area contributed by atoms with Crippen molar-refractivity contribution in [1.82, 2.24) is 0 Å². The second-order valence-corrected chi connectivity index (χ2v) is 5.30. The van der Waals surface area contributed by atoms with Crippen molar-refractivity contribution in [3.8, 4) is 0 Å². The van der Waals surface area contributed by atoms with Crippen LogP contribution >= 0.6 is 0 Å². The van der Waals surface area contributed by atoms with Gasteiger partial charge in [0.15, 0.2) is 0 Å². The van der Waals surface area contributed by atoms with E-state index in [9.17, 15) is 0 Å². The standard InChI is InChI=1S/C8H20N2.2CH2O3/c1-9(2)5-7-10(3,4)8-6-9;2*2-1(3)4/h5-8H2,1-4H3;2*(H2,2,3,4)/q+2;;/p-2. The molecule has 0 aliphatic carbocycles. The Balaban J connectivity index is 0. The van der Waals surface area contributed by atoms with Crippen LogP contribution in [0.25, 0.3) is 0 Å². The van der Waals surface area contributed by atoms with Crippen LogP contribution < -0.4 is 10.2 Å². The molecule has 1 saturated heterocycles. The van der Waals surface area contributed by atoms with Gasteiger partial charge < -0.3 is 34.2 Å². The number of carbonyl (C=O) groups is 2. The first kappa shape index (κ1) is 18.8. The molecular formula is C10H22N2O6. The average Bonchev–Trinajstić information content (AvgIpc) is 2.09. The van der Waals surface area contributed by atoms with E-state index >= 15 is 0 Å². The zero-order chi connectivity index (χ0) is 15.0. The Morgan fingerprint density at radius 2 is 0.944 bits per heavy atom. The molecule has 0 aromatic carbocycles. The second-order valence-electron chi connectivity index (χ2n) is 5.30. The molecule has 0 aromatic rings. The van der Waals surface area contributed by atoms with Gasteiger partial charge in [0.05, 0.1) is 28.2 Å². The van der Waals surface area contributed by atoms with Gasteiger partial charge in [0.1, 0.15) is 26.2 Å².